The Balaban J connectivity index is 1.91. The Morgan fingerprint density at radius 3 is 2.48 bits per heavy atom. The Bertz CT molecular complexity index is 450. The van der Waals surface area contributed by atoms with E-state index in [0.717, 1.165) is 23.8 Å². The monoisotopic (exact) mass is 291 g/mol. The molecule has 3 N–H and O–H groups in total. The Hall–Kier alpha value is -1.36. The molecule has 0 spiro atoms. The Kier molecular flexibility index (Phi) is 5.39. The first-order valence-corrected chi connectivity index (χ1v) is 8.07. The van der Waals surface area contributed by atoms with Crippen molar-refractivity contribution in [3.8, 4) is 0 Å². The first kappa shape index (κ1) is 16.0. The highest BCUT2D eigenvalue weighted by Gasteiger charge is 2.21. The van der Waals surface area contributed by atoms with Crippen LogP contribution in [0.25, 0.3) is 0 Å². The van der Waals surface area contributed by atoms with Crippen molar-refractivity contribution >= 4 is 11.6 Å². The van der Waals surface area contributed by atoms with Crippen molar-refractivity contribution in [1.82, 2.24) is 14.9 Å². The van der Waals surface area contributed by atoms with Crippen LogP contribution < -0.4 is 11.1 Å². The van der Waals surface area contributed by atoms with Crippen molar-refractivity contribution in [1.29, 1.82) is 0 Å². The van der Waals surface area contributed by atoms with Gasteiger partial charge in [-0.2, -0.15) is 0 Å². The van der Waals surface area contributed by atoms with E-state index in [-0.39, 0.29) is 0 Å². The van der Waals surface area contributed by atoms with Crippen molar-refractivity contribution in [3.05, 3.63) is 11.9 Å². The molecule has 118 valence electrons. The van der Waals surface area contributed by atoms with Crippen LogP contribution in [0.5, 0.6) is 0 Å². The third-order valence-corrected chi connectivity index (χ3v) is 4.43. The van der Waals surface area contributed by atoms with Crippen molar-refractivity contribution in [3.63, 3.8) is 0 Å². The molecule has 5 heteroatoms. The van der Waals surface area contributed by atoms with E-state index in [4.69, 9.17) is 5.73 Å². The molecule has 1 aromatic heterocycles. The summed E-state index contributed by atoms with van der Waals surface area (Å²) < 4.78 is 0. The summed E-state index contributed by atoms with van der Waals surface area (Å²) >= 11 is 0. The highest BCUT2D eigenvalue weighted by atomic mass is 15.2. The van der Waals surface area contributed by atoms with Gasteiger partial charge in [-0.3, -0.25) is 0 Å². The number of hydrogen-bond donors (Lipinski definition) is 2. The van der Waals surface area contributed by atoms with Crippen LogP contribution in [0.1, 0.15) is 52.0 Å². The van der Waals surface area contributed by atoms with E-state index in [9.17, 15) is 0 Å². The maximum atomic E-state index is 5.98. The van der Waals surface area contributed by atoms with Gasteiger partial charge in [-0.1, -0.05) is 13.8 Å². The van der Waals surface area contributed by atoms with E-state index >= 15 is 0 Å². The lowest BCUT2D eigenvalue weighted by Gasteiger charge is -2.34. The third-order valence-electron chi connectivity index (χ3n) is 4.43. The zero-order valence-corrected chi connectivity index (χ0v) is 13.8. The van der Waals surface area contributed by atoms with Crippen LogP contribution in [0.15, 0.2) is 6.33 Å². The summed E-state index contributed by atoms with van der Waals surface area (Å²) in [4.78, 5) is 11.0. The molecule has 21 heavy (non-hydrogen) atoms. The second kappa shape index (κ2) is 7.07. The SMILES string of the molecule is CC(C)c1c(N)ncnc1NCC1CCN(C(C)C)CC1. The highest BCUT2D eigenvalue weighted by molar-refractivity contribution is 5.56. The molecular formula is C16H29N5. The molecule has 1 aromatic rings. The average molecular weight is 291 g/mol. The quantitative estimate of drug-likeness (QED) is 0.873. The fourth-order valence-corrected chi connectivity index (χ4v) is 3.03. The molecule has 0 aromatic carbocycles. The number of aromatic nitrogens is 2. The van der Waals surface area contributed by atoms with Crippen LogP contribution in [0.3, 0.4) is 0 Å². The van der Waals surface area contributed by atoms with E-state index in [1.807, 2.05) is 0 Å². The normalized spacial score (nSPS) is 17.6. The van der Waals surface area contributed by atoms with Crippen LogP contribution >= 0.6 is 0 Å². The van der Waals surface area contributed by atoms with Gasteiger partial charge in [0.15, 0.2) is 0 Å². The molecule has 5 nitrogen and oxygen atoms in total. The van der Waals surface area contributed by atoms with Gasteiger partial charge >= 0.3 is 0 Å². The number of hydrogen-bond acceptors (Lipinski definition) is 5. The van der Waals surface area contributed by atoms with Crippen LogP contribution in [0.4, 0.5) is 11.6 Å². The van der Waals surface area contributed by atoms with Crippen LogP contribution in [0, 0.1) is 5.92 Å². The van der Waals surface area contributed by atoms with E-state index < -0.39 is 0 Å². The minimum absolute atomic E-state index is 0.330. The highest BCUT2D eigenvalue weighted by Crippen LogP contribution is 2.27. The smallest absolute Gasteiger partial charge is 0.134 e. The molecule has 2 heterocycles. The average Bonchev–Trinajstić information content (AvgIpc) is 2.45. The Labute approximate surface area is 128 Å². The predicted octanol–water partition coefficient (Wildman–Crippen LogP) is 2.71. The van der Waals surface area contributed by atoms with Gasteiger partial charge in [-0.25, -0.2) is 9.97 Å². The molecular weight excluding hydrogens is 262 g/mol. The molecule has 1 aliphatic heterocycles. The fraction of sp³-hybridized carbons (Fsp3) is 0.750. The maximum Gasteiger partial charge on any atom is 0.134 e. The van der Waals surface area contributed by atoms with Crippen molar-refractivity contribution in [2.24, 2.45) is 5.92 Å². The number of anilines is 2. The van der Waals surface area contributed by atoms with Crippen LogP contribution in [-0.4, -0.2) is 40.5 Å². The Morgan fingerprint density at radius 1 is 1.24 bits per heavy atom. The number of nitrogens with zero attached hydrogens (tertiary/aromatic N) is 3. The van der Waals surface area contributed by atoms with E-state index in [0.29, 0.717) is 17.8 Å². The summed E-state index contributed by atoms with van der Waals surface area (Å²) in [5.41, 5.74) is 7.02. The van der Waals surface area contributed by atoms with Crippen molar-refractivity contribution in [2.75, 3.05) is 30.7 Å². The van der Waals surface area contributed by atoms with E-state index in [1.165, 1.54) is 25.9 Å². The largest absolute Gasteiger partial charge is 0.383 e. The van der Waals surface area contributed by atoms with Gasteiger partial charge in [0.25, 0.3) is 0 Å². The van der Waals surface area contributed by atoms with Crippen molar-refractivity contribution in [2.45, 2.75) is 52.5 Å². The van der Waals surface area contributed by atoms with Gasteiger partial charge in [0.05, 0.1) is 0 Å². The van der Waals surface area contributed by atoms with Crippen LogP contribution in [-0.2, 0) is 0 Å². The molecule has 0 unspecified atom stereocenters. The maximum absolute atomic E-state index is 5.98. The third kappa shape index (κ3) is 4.06. The molecule has 0 amide bonds. The lowest BCUT2D eigenvalue weighted by atomic mass is 9.95. The molecule has 0 bridgehead atoms. The molecule has 1 aliphatic rings. The minimum Gasteiger partial charge on any atom is -0.383 e. The minimum atomic E-state index is 0.330. The predicted molar refractivity (Wildman–Crippen MR) is 88.5 cm³/mol. The second-order valence-corrected chi connectivity index (χ2v) is 6.63. The van der Waals surface area contributed by atoms with Crippen molar-refractivity contribution < 1.29 is 0 Å². The molecule has 0 atom stereocenters. The summed E-state index contributed by atoms with van der Waals surface area (Å²) in [6, 6.07) is 0.660. The van der Waals surface area contributed by atoms with Gasteiger partial charge in [0, 0.05) is 18.2 Å². The summed E-state index contributed by atoms with van der Waals surface area (Å²) in [7, 11) is 0. The zero-order valence-electron chi connectivity index (χ0n) is 13.8. The van der Waals surface area contributed by atoms with Gasteiger partial charge in [0.2, 0.25) is 0 Å². The fourth-order valence-electron chi connectivity index (χ4n) is 3.03. The van der Waals surface area contributed by atoms with Gasteiger partial charge in [-0.05, 0) is 51.6 Å². The van der Waals surface area contributed by atoms with E-state index in [1.54, 1.807) is 6.33 Å². The number of nitrogens with one attached hydrogen (secondary N) is 1. The number of nitrogens with two attached hydrogens (primary N) is 1. The zero-order chi connectivity index (χ0) is 15.4. The lowest BCUT2D eigenvalue weighted by Crippen LogP contribution is -2.39. The molecule has 0 saturated carbocycles. The van der Waals surface area contributed by atoms with E-state index in [2.05, 4.69) is 47.9 Å². The molecule has 0 radical (unpaired) electrons. The molecule has 2 rings (SSSR count). The standard InChI is InChI=1S/C16H29N5/c1-11(2)14-15(17)19-10-20-16(14)18-9-13-5-7-21(8-6-13)12(3)4/h10-13H,5-9H2,1-4H3,(H3,17,18,19,20). The molecule has 0 aliphatic carbocycles. The number of nitrogen functional groups attached to an aromatic ring is 1. The number of piperidine rings is 1. The summed E-state index contributed by atoms with van der Waals surface area (Å²) in [6.45, 7) is 12.2. The topological polar surface area (TPSA) is 67.1 Å². The summed E-state index contributed by atoms with van der Waals surface area (Å²) in [6.07, 6.45) is 4.05. The molecule has 1 saturated heterocycles. The Morgan fingerprint density at radius 2 is 1.90 bits per heavy atom. The van der Waals surface area contributed by atoms with Gasteiger partial charge in [0.1, 0.15) is 18.0 Å². The van der Waals surface area contributed by atoms with Gasteiger partial charge in [-0.15, -0.1) is 0 Å². The van der Waals surface area contributed by atoms with Gasteiger partial charge < -0.3 is 16.0 Å². The number of rotatable bonds is 5. The molecule has 1 fully saturated rings. The first-order valence-electron chi connectivity index (χ1n) is 8.07. The number of likely N-dealkylation sites (tertiary alicyclic amines) is 1. The second-order valence-electron chi connectivity index (χ2n) is 6.63. The summed E-state index contributed by atoms with van der Waals surface area (Å²) in [5.74, 6) is 2.55. The lowest BCUT2D eigenvalue weighted by molar-refractivity contribution is 0.153. The summed E-state index contributed by atoms with van der Waals surface area (Å²) in [5, 5.41) is 3.50. The van der Waals surface area contributed by atoms with Crippen LogP contribution in [0.2, 0.25) is 0 Å². The first-order chi connectivity index (χ1) is 9.99.